The van der Waals surface area contributed by atoms with Crippen LogP contribution in [0.25, 0.3) is 11.0 Å². The van der Waals surface area contributed by atoms with Gasteiger partial charge >= 0.3 is 0 Å². The molecule has 1 saturated heterocycles. The minimum atomic E-state index is 0.511. The molecule has 1 fully saturated rings. The van der Waals surface area contributed by atoms with Crippen molar-refractivity contribution in [3.8, 4) is 11.5 Å². The Morgan fingerprint density at radius 3 is 2.71 bits per heavy atom. The molecule has 31 heavy (non-hydrogen) atoms. The summed E-state index contributed by atoms with van der Waals surface area (Å²) in [7, 11) is 0. The molecule has 2 aromatic heterocycles. The summed E-state index contributed by atoms with van der Waals surface area (Å²) in [4.78, 5) is 7.56. The molecular formula is C26H28N4O. The number of aryl methyl sites for hydroxylation is 1. The minimum Gasteiger partial charge on any atom is -0.457 e. The van der Waals surface area contributed by atoms with Gasteiger partial charge in [-0.25, -0.2) is 4.98 Å². The number of ether oxygens (including phenoxy) is 1. The second-order valence-electron chi connectivity index (χ2n) is 8.32. The van der Waals surface area contributed by atoms with Crippen molar-refractivity contribution in [1.82, 2.24) is 20.6 Å². The molecule has 3 heterocycles. The Labute approximate surface area is 182 Å². The summed E-state index contributed by atoms with van der Waals surface area (Å²) >= 11 is 0. The van der Waals surface area contributed by atoms with Crippen LogP contribution in [0, 0.1) is 12.8 Å². The van der Waals surface area contributed by atoms with E-state index in [0.717, 1.165) is 54.3 Å². The van der Waals surface area contributed by atoms with E-state index < -0.39 is 0 Å². The Kier molecular flexibility index (Phi) is 5.69. The number of hydrogen-bond donors (Lipinski definition) is 3. The predicted molar refractivity (Wildman–Crippen MR) is 125 cm³/mol. The first-order valence-electron chi connectivity index (χ1n) is 10.9. The van der Waals surface area contributed by atoms with Crippen LogP contribution in [-0.4, -0.2) is 29.6 Å². The molecule has 1 aliphatic rings. The van der Waals surface area contributed by atoms with E-state index in [9.17, 15) is 0 Å². The largest absolute Gasteiger partial charge is 0.457 e. The highest BCUT2D eigenvalue weighted by Gasteiger charge is 2.28. The lowest BCUT2D eigenvalue weighted by Gasteiger charge is -2.20. The molecule has 0 unspecified atom stereocenters. The number of rotatable bonds is 7. The topological polar surface area (TPSA) is 62.0 Å². The van der Waals surface area contributed by atoms with Gasteiger partial charge in [-0.3, -0.25) is 0 Å². The van der Waals surface area contributed by atoms with Gasteiger partial charge in [-0.05, 0) is 54.3 Å². The molecule has 1 aliphatic heterocycles. The number of aromatic nitrogens is 2. The molecule has 3 N–H and O–H groups in total. The average molecular weight is 413 g/mol. The SMILES string of the molecule is Cc1c[nH]c2nccc(Oc3ccc([C@H]4CNC[C@@H]4CNCc4ccccc4)cc3)c12. The van der Waals surface area contributed by atoms with Crippen molar-refractivity contribution in [2.75, 3.05) is 19.6 Å². The Balaban J connectivity index is 1.24. The molecule has 0 spiro atoms. The third-order valence-corrected chi connectivity index (χ3v) is 6.19. The minimum absolute atomic E-state index is 0.511. The fourth-order valence-electron chi connectivity index (χ4n) is 4.51. The van der Waals surface area contributed by atoms with E-state index in [0.29, 0.717) is 11.8 Å². The third kappa shape index (κ3) is 4.33. The molecule has 0 radical (unpaired) electrons. The van der Waals surface area contributed by atoms with Crippen LogP contribution in [0.15, 0.2) is 73.1 Å². The highest BCUT2D eigenvalue weighted by Crippen LogP contribution is 2.33. The number of benzene rings is 2. The van der Waals surface area contributed by atoms with Crippen LogP contribution in [-0.2, 0) is 6.54 Å². The fourth-order valence-corrected chi connectivity index (χ4v) is 4.51. The smallest absolute Gasteiger partial charge is 0.141 e. The van der Waals surface area contributed by atoms with E-state index in [1.165, 1.54) is 11.1 Å². The molecule has 4 aromatic rings. The second kappa shape index (κ2) is 8.92. The molecule has 0 amide bonds. The fraction of sp³-hybridized carbons (Fsp3) is 0.269. The van der Waals surface area contributed by atoms with Crippen molar-refractivity contribution in [2.45, 2.75) is 19.4 Å². The van der Waals surface area contributed by atoms with E-state index in [2.05, 4.69) is 82.1 Å². The Hall–Kier alpha value is -3.15. The highest BCUT2D eigenvalue weighted by molar-refractivity contribution is 5.86. The van der Waals surface area contributed by atoms with Crippen molar-refractivity contribution in [2.24, 2.45) is 5.92 Å². The summed E-state index contributed by atoms with van der Waals surface area (Å²) in [5, 5.41) is 8.24. The van der Waals surface area contributed by atoms with Gasteiger partial charge in [0.1, 0.15) is 17.1 Å². The number of H-pyrrole nitrogens is 1. The van der Waals surface area contributed by atoms with Gasteiger partial charge < -0.3 is 20.4 Å². The lowest BCUT2D eigenvalue weighted by Crippen LogP contribution is -2.26. The normalized spacial score (nSPS) is 18.5. The van der Waals surface area contributed by atoms with Gasteiger partial charge in [-0.1, -0.05) is 42.5 Å². The number of hydrogen-bond acceptors (Lipinski definition) is 4. The van der Waals surface area contributed by atoms with Crippen molar-refractivity contribution in [1.29, 1.82) is 0 Å². The van der Waals surface area contributed by atoms with E-state index in [-0.39, 0.29) is 0 Å². The van der Waals surface area contributed by atoms with Gasteiger partial charge in [0.15, 0.2) is 0 Å². The summed E-state index contributed by atoms with van der Waals surface area (Å²) in [5.41, 5.74) is 4.68. The first-order valence-corrected chi connectivity index (χ1v) is 10.9. The molecule has 2 atom stereocenters. The van der Waals surface area contributed by atoms with Gasteiger partial charge in [0.2, 0.25) is 0 Å². The zero-order valence-electron chi connectivity index (χ0n) is 17.8. The predicted octanol–water partition coefficient (Wildman–Crippen LogP) is 4.76. The van der Waals surface area contributed by atoms with Crippen molar-refractivity contribution in [3.05, 3.63) is 89.7 Å². The Morgan fingerprint density at radius 2 is 1.87 bits per heavy atom. The first kappa shape index (κ1) is 19.8. The summed E-state index contributed by atoms with van der Waals surface area (Å²) in [6, 6.07) is 21.1. The van der Waals surface area contributed by atoms with Gasteiger partial charge in [0.05, 0.1) is 5.39 Å². The summed E-state index contributed by atoms with van der Waals surface area (Å²) in [5.74, 6) is 2.78. The molecule has 5 nitrogen and oxygen atoms in total. The van der Waals surface area contributed by atoms with Crippen molar-refractivity contribution < 1.29 is 4.74 Å². The van der Waals surface area contributed by atoms with E-state index >= 15 is 0 Å². The molecule has 0 aliphatic carbocycles. The van der Waals surface area contributed by atoms with Crippen molar-refractivity contribution >= 4 is 11.0 Å². The quantitative estimate of drug-likeness (QED) is 0.410. The highest BCUT2D eigenvalue weighted by atomic mass is 16.5. The van der Waals surface area contributed by atoms with Crippen LogP contribution in [0.5, 0.6) is 11.5 Å². The first-order chi connectivity index (χ1) is 15.3. The van der Waals surface area contributed by atoms with Crippen LogP contribution in [0.4, 0.5) is 0 Å². The van der Waals surface area contributed by atoms with E-state index in [1.54, 1.807) is 6.20 Å². The summed E-state index contributed by atoms with van der Waals surface area (Å²) in [6.45, 7) is 6.05. The zero-order chi connectivity index (χ0) is 21.0. The lowest BCUT2D eigenvalue weighted by molar-refractivity contribution is 0.467. The monoisotopic (exact) mass is 412 g/mol. The average Bonchev–Trinajstić information content (AvgIpc) is 3.43. The molecule has 5 rings (SSSR count). The maximum atomic E-state index is 6.20. The lowest BCUT2D eigenvalue weighted by atomic mass is 9.89. The van der Waals surface area contributed by atoms with E-state index in [1.807, 2.05) is 12.3 Å². The zero-order valence-corrected chi connectivity index (χ0v) is 17.8. The standard InChI is InChI=1S/C26H28N4O/c1-18-13-30-26-25(18)24(11-12-29-26)31-22-9-7-20(8-10-22)23-17-28-16-21(23)15-27-14-19-5-3-2-4-6-19/h2-13,21,23,27-28H,14-17H2,1H3,(H,29,30)/t21-,23+/m0/s1. The molecule has 5 heteroatoms. The van der Waals surface area contributed by atoms with Gasteiger partial charge in [-0.15, -0.1) is 0 Å². The Morgan fingerprint density at radius 1 is 1.03 bits per heavy atom. The van der Waals surface area contributed by atoms with Crippen LogP contribution >= 0.6 is 0 Å². The molecular weight excluding hydrogens is 384 g/mol. The van der Waals surface area contributed by atoms with Crippen LogP contribution < -0.4 is 15.4 Å². The maximum Gasteiger partial charge on any atom is 0.141 e. The number of nitrogens with one attached hydrogen (secondary N) is 3. The molecule has 158 valence electrons. The van der Waals surface area contributed by atoms with Crippen LogP contribution in [0.2, 0.25) is 0 Å². The second-order valence-corrected chi connectivity index (χ2v) is 8.32. The third-order valence-electron chi connectivity index (χ3n) is 6.19. The molecule has 0 bridgehead atoms. The molecule has 0 saturated carbocycles. The van der Waals surface area contributed by atoms with Gasteiger partial charge in [-0.2, -0.15) is 0 Å². The number of nitrogens with zero attached hydrogens (tertiary/aromatic N) is 1. The number of aromatic amines is 1. The van der Waals surface area contributed by atoms with Gasteiger partial charge in [0.25, 0.3) is 0 Å². The maximum absolute atomic E-state index is 6.20. The van der Waals surface area contributed by atoms with Crippen LogP contribution in [0.1, 0.15) is 22.6 Å². The van der Waals surface area contributed by atoms with E-state index in [4.69, 9.17) is 4.74 Å². The number of pyridine rings is 1. The Bertz CT molecular complexity index is 1140. The summed E-state index contributed by atoms with van der Waals surface area (Å²) in [6.07, 6.45) is 3.74. The van der Waals surface area contributed by atoms with Crippen molar-refractivity contribution in [3.63, 3.8) is 0 Å². The number of fused-ring (bicyclic) bond motifs is 1. The summed E-state index contributed by atoms with van der Waals surface area (Å²) < 4.78 is 6.20. The van der Waals surface area contributed by atoms with Crippen LogP contribution in [0.3, 0.4) is 0 Å². The molecule has 2 aromatic carbocycles. The van der Waals surface area contributed by atoms with Gasteiger partial charge in [0, 0.05) is 37.9 Å².